The Labute approximate surface area is 225 Å². The number of likely N-dealkylation sites (tertiary alicyclic amines) is 1. The lowest BCUT2D eigenvalue weighted by atomic mass is 10.0. The molecule has 7 heteroatoms. The molecule has 39 heavy (non-hydrogen) atoms. The van der Waals surface area contributed by atoms with Crippen molar-refractivity contribution in [2.75, 3.05) is 18.4 Å². The first-order chi connectivity index (χ1) is 18.9. The molecule has 1 saturated heterocycles. The van der Waals surface area contributed by atoms with Crippen LogP contribution in [-0.2, 0) is 19.3 Å². The van der Waals surface area contributed by atoms with Crippen molar-refractivity contribution in [3.05, 3.63) is 120 Å². The van der Waals surface area contributed by atoms with Crippen molar-refractivity contribution in [3.63, 3.8) is 0 Å². The molecule has 0 amide bonds. The molecule has 1 N–H and O–H groups in total. The second-order valence-electron chi connectivity index (χ2n) is 10.1. The normalized spacial score (nSPS) is 16.1. The predicted molar refractivity (Wildman–Crippen MR) is 149 cm³/mol. The molecule has 1 aliphatic rings. The summed E-state index contributed by atoms with van der Waals surface area (Å²) in [5.41, 5.74) is 4.06. The van der Waals surface area contributed by atoms with Crippen LogP contribution >= 0.6 is 0 Å². The molecular weight excluding hydrogens is 497 g/mol. The Bertz CT molecular complexity index is 1540. The van der Waals surface area contributed by atoms with E-state index in [1.54, 1.807) is 10.7 Å². The van der Waals surface area contributed by atoms with Crippen LogP contribution in [0.3, 0.4) is 0 Å². The summed E-state index contributed by atoms with van der Waals surface area (Å²) in [4.78, 5) is 2.45. The summed E-state index contributed by atoms with van der Waals surface area (Å²) in [6.45, 7) is 3.32. The molecule has 5 aromatic rings. The number of aromatic nitrogens is 2. The summed E-state index contributed by atoms with van der Waals surface area (Å²) < 4.78 is 43.2. The van der Waals surface area contributed by atoms with Crippen LogP contribution < -0.4 is 5.32 Å². The molecule has 1 atom stereocenters. The highest BCUT2D eigenvalue weighted by Crippen LogP contribution is 2.38. The van der Waals surface area contributed by atoms with Gasteiger partial charge in [-0.3, -0.25) is 9.58 Å². The fourth-order valence-electron chi connectivity index (χ4n) is 5.45. The molecular formula is C32H29F3N4. The van der Waals surface area contributed by atoms with E-state index in [0.717, 1.165) is 48.9 Å². The van der Waals surface area contributed by atoms with Gasteiger partial charge >= 0.3 is 6.18 Å². The topological polar surface area (TPSA) is 33.1 Å². The first-order valence-electron chi connectivity index (χ1n) is 13.2. The second kappa shape index (κ2) is 10.6. The zero-order valence-corrected chi connectivity index (χ0v) is 21.4. The molecule has 198 valence electrons. The van der Waals surface area contributed by atoms with Crippen molar-refractivity contribution in [2.45, 2.75) is 31.7 Å². The third-order valence-electron chi connectivity index (χ3n) is 7.30. The van der Waals surface area contributed by atoms with Crippen molar-refractivity contribution >= 4 is 16.6 Å². The van der Waals surface area contributed by atoms with Crippen molar-refractivity contribution in [3.8, 4) is 11.3 Å². The van der Waals surface area contributed by atoms with Gasteiger partial charge in [-0.1, -0.05) is 84.9 Å². The van der Waals surface area contributed by atoms with Gasteiger partial charge in [0, 0.05) is 42.3 Å². The highest BCUT2D eigenvalue weighted by atomic mass is 19.4. The highest BCUT2D eigenvalue weighted by Gasteiger charge is 2.34. The van der Waals surface area contributed by atoms with E-state index in [1.165, 1.54) is 11.6 Å². The number of fused-ring (bicyclic) bond motifs is 1. The number of benzene rings is 4. The maximum Gasteiger partial charge on any atom is 0.418 e. The minimum atomic E-state index is -4.48. The lowest BCUT2D eigenvalue weighted by Gasteiger charge is -2.18. The maximum absolute atomic E-state index is 13.8. The summed E-state index contributed by atoms with van der Waals surface area (Å²) in [6, 6.07) is 32.7. The van der Waals surface area contributed by atoms with E-state index < -0.39 is 11.7 Å². The summed E-state index contributed by atoms with van der Waals surface area (Å²) >= 11 is 0. The van der Waals surface area contributed by atoms with Crippen molar-refractivity contribution in [2.24, 2.45) is 0 Å². The highest BCUT2D eigenvalue weighted by molar-refractivity contribution is 5.95. The summed E-state index contributed by atoms with van der Waals surface area (Å²) in [5, 5.41) is 8.61. The second-order valence-corrected chi connectivity index (χ2v) is 10.1. The van der Waals surface area contributed by atoms with Gasteiger partial charge in [0.1, 0.15) is 5.52 Å². The number of hydrogen-bond donors (Lipinski definition) is 1. The Kier molecular flexibility index (Phi) is 6.83. The number of anilines is 1. The molecule has 0 saturated carbocycles. The minimum absolute atomic E-state index is 0.0254. The lowest BCUT2D eigenvalue weighted by Crippen LogP contribution is -2.25. The Morgan fingerprint density at radius 1 is 0.769 bits per heavy atom. The maximum atomic E-state index is 13.8. The zero-order chi connectivity index (χ0) is 26.8. The standard InChI is InChI=1S/C32H29F3N4/c33-32(34,35)29-13-7-12-28-30(29)37-39(21-24-10-5-2-6-11-24)31(28)25-14-16-26(17-15-25)36-27-18-19-38(22-27)20-23-8-3-1-4-9-23/h1-17,27,36H,18-22H2. The van der Waals surface area contributed by atoms with E-state index in [-0.39, 0.29) is 5.52 Å². The molecule has 1 aromatic heterocycles. The van der Waals surface area contributed by atoms with Gasteiger partial charge in [-0.05, 0) is 35.7 Å². The van der Waals surface area contributed by atoms with Crippen LogP contribution in [0, 0.1) is 0 Å². The largest absolute Gasteiger partial charge is 0.418 e. The van der Waals surface area contributed by atoms with Gasteiger partial charge in [0.15, 0.2) is 0 Å². The summed E-state index contributed by atoms with van der Waals surface area (Å²) in [5.74, 6) is 0. The average molecular weight is 527 g/mol. The number of nitrogens with one attached hydrogen (secondary N) is 1. The van der Waals surface area contributed by atoms with Crippen LogP contribution in [0.25, 0.3) is 22.2 Å². The quantitative estimate of drug-likeness (QED) is 0.239. The van der Waals surface area contributed by atoms with Gasteiger partial charge < -0.3 is 5.32 Å². The van der Waals surface area contributed by atoms with Gasteiger partial charge in [0.25, 0.3) is 0 Å². The van der Waals surface area contributed by atoms with Crippen LogP contribution in [-0.4, -0.2) is 33.8 Å². The van der Waals surface area contributed by atoms with Gasteiger partial charge in [-0.2, -0.15) is 18.3 Å². The number of hydrogen-bond acceptors (Lipinski definition) is 3. The minimum Gasteiger partial charge on any atom is -0.381 e. The molecule has 0 bridgehead atoms. The molecule has 1 aliphatic heterocycles. The van der Waals surface area contributed by atoms with Gasteiger partial charge in [0.2, 0.25) is 0 Å². The van der Waals surface area contributed by atoms with Crippen molar-refractivity contribution < 1.29 is 13.2 Å². The Hall–Kier alpha value is -4.10. The number of alkyl halides is 3. The number of rotatable bonds is 7. The summed E-state index contributed by atoms with van der Waals surface area (Å²) in [7, 11) is 0. The average Bonchev–Trinajstić information content (AvgIpc) is 3.53. The first-order valence-corrected chi connectivity index (χ1v) is 13.2. The monoisotopic (exact) mass is 526 g/mol. The van der Waals surface area contributed by atoms with Crippen molar-refractivity contribution in [1.29, 1.82) is 0 Å². The van der Waals surface area contributed by atoms with E-state index in [1.807, 2.05) is 60.7 Å². The molecule has 0 radical (unpaired) electrons. The molecule has 4 nitrogen and oxygen atoms in total. The molecule has 2 heterocycles. The first kappa shape index (κ1) is 25.2. The van der Waals surface area contributed by atoms with E-state index in [0.29, 0.717) is 23.7 Å². The van der Waals surface area contributed by atoms with Crippen LogP contribution in [0.15, 0.2) is 103 Å². The fraction of sp³-hybridized carbons (Fsp3) is 0.219. The van der Waals surface area contributed by atoms with Crippen LogP contribution in [0.5, 0.6) is 0 Å². The SMILES string of the molecule is FC(F)(F)c1cccc2c(-c3ccc(NC4CCN(Cc5ccccc5)C4)cc3)n(Cc3ccccc3)nc12. The Balaban J connectivity index is 1.25. The number of nitrogens with zero attached hydrogens (tertiary/aromatic N) is 3. The summed E-state index contributed by atoms with van der Waals surface area (Å²) in [6.07, 6.45) is -3.42. The third-order valence-corrected chi connectivity index (χ3v) is 7.30. The van der Waals surface area contributed by atoms with E-state index >= 15 is 0 Å². The van der Waals surface area contributed by atoms with Crippen LogP contribution in [0.4, 0.5) is 18.9 Å². The Morgan fingerprint density at radius 3 is 2.10 bits per heavy atom. The molecule has 1 unspecified atom stereocenters. The van der Waals surface area contributed by atoms with Gasteiger partial charge in [-0.25, -0.2) is 0 Å². The van der Waals surface area contributed by atoms with Gasteiger partial charge in [0.05, 0.1) is 17.8 Å². The Morgan fingerprint density at radius 2 is 1.44 bits per heavy atom. The fourth-order valence-corrected chi connectivity index (χ4v) is 5.45. The third kappa shape index (κ3) is 5.54. The number of halogens is 3. The molecule has 4 aromatic carbocycles. The van der Waals surface area contributed by atoms with E-state index in [4.69, 9.17) is 0 Å². The van der Waals surface area contributed by atoms with Gasteiger partial charge in [-0.15, -0.1) is 0 Å². The molecule has 1 fully saturated rings. The van der Waals surface area contributed by atoms with Crippen LogP contribution in [0.1, 0.15) is 23.1 Å². The predicted octanol–water partition coefficient (Wildman–Crippen LogP) is 7.46. The lowest BCUT2D eigenvalue weighted by molar-refractivity contribution is -0.136. The zero-order valence-electron chi connectivity index (χ0n) is 21.4. The molecule has 0 aliphatic carbocycles. The van der Waals surface area contributed by atoms with E-state index in [2.05, 4.69) is 39.6 Å². The van der Waals surface area contributed by atoms with E-state index in [9.17, 15) is 13.2 Å². The van der Waals surface area contributed by atoms with Crippen LogP contribution in [0.2, 0.25) is 0 Å². The van der Waals surface area contributed by atoms with Crippen molar-refractivity contribution in [1.82, 2.24) is 14.7 Å². The molecule has 0 spiro atoms. The molecule has 6 rings (SSSR count). The smallest absolute Gasteiger partial charge is 0.381 e.